The number of ketones is 1. The molecule has 152 valence electrons. The number of Topliss-reactive ketones (excluding diaryl/α,β-unsaturated/α-hetero) is 1. The predicted molar refractivity (Wildman–Crippen MR) is 110 cm³/mol. The zero-order chi connectivity index (χ0) is 21.1. The second-order valence-electron chi connectivity index (χ2n) is 6.44. The molecule has 0 bridgehead atoms. The molecule has 0 aliphatic carbocycles. The van der Waals surface area contributed by atoms with Crippen LogP contribution in [0.15, 0.2) is 29.4 Å². The zero-order valence-electron chi connectivity index (χ0n) is 16.8. The van der Waals surface area contributed by atoms with Crippen LogP contribution in [0.25, 0.3) is 11.4 Å². The van der Waals surface area contributed by atoms with Crippen LogP contribution in [0, 0.1) is 13.8 Å². The van der Waals surface area contributed by atoms with Gasteiger partial charge in [-0.2, -0.15) is 0 Å². The number of rotatable bonds is 7. The fourth-order valence-electron chi connectivity index (χ4n) is 3.00. The molecular formula is C20H22N4O4S. The van der Waals surface area contributed by atoms with Gasteiger partial charge >= 0.3 is 5.97 Å². The van der Waals surface area contributed by atoms with Crippen LogP contribution < -0.4 is 4.74 Å². The molecule has 0 fully saturated rings. The lowest BCUT2D eigenvalue weighted by Crippen LogP contribution is -2.15. The van der Waals surface area contributed by atoms with Gasteiger partial charge in [0.15, 0.2) is 11.6 Å². The number of aromatic nitrogens is 4. The van der Waals surface area contributed by atoms with E-state index in [9.17, 15) is 9.59 Å². The number of carbonyl (C=O) groups is 2. The van der Waals surface area contributed by atoms with Crippen LogP contribution in [0.4, 0.5) is 0 Å². The van der Waals surface area contributed by atoms with Gasteiger partial charge in [-0.15, -0.1) is 5.10 Å². The van der Waals surface area contributed by atoms with Crippen molar-refractivity contribution in [3.63, 3.8) is 0 Å². The van der Waals surface area contributed by atoms with Crippen molar-refractivity contribution in [2.24, 2.45) is 0 Å². The van der Waals surface area contributed by atoms with Gasteiger partial charge in [0.1, 0.15) is 5.75 Å². The lowest BCUT2D eigenvalue weighted by Gasteiger charge is -2.07. The van der Waals surface area contributed by atoms with E-state index in [-0.39, 0.29) is 5.78 Å². The standard InChI is InChI=1S/C20H22N4O4S/c1-10-15(19(26)28-5)11(2)21-16(10)17(25)12(3)29-20-22-18(23-24-20)13-6-8-14(27-4)9-7-13/h6-9,12,21H,1-5H3,(H,22,23,24)/t12-/m0/s1. The summed E-state index contributed by atoms with van der Waals surface area (Å²) < 4.78 is 9.95. The largest absolute Gasteiger partial charge is 0.497 e. The van der Waals surface area contributed by atoms with Gasteiger partial charge in [-0.3, -0.25) is 9.89 Å². The molecule has 3 aromatic rings. The molecule has 0 saturated heterocycles. The Bertz CT molecular complexity index is 1040. The van der Waals surface area contributed by atoms with Crippen LogP contribution in [0.3, 0.4) is 0 Å². The number of methoxy groups -OCH3 is 2. The lowest BCUT2D eigenvalue weighted by molar-refractivity contribution is 0.0599. The van der Waals surface area contributed by atoms with Gasteiger partial charge in [0.05, 0.1) is 30.7 Å². The monoisotopic (exact) mass is 414 g/mol. The highest BCUT2D eigenvalue weighted by Gasteiger charge is 2.26. The first-order valence-corrected chi connectivity index (χ1v) is 9.78. The van der Waals surface area contributed by atoms with Crippen molar-refractivity contribution in [2.75, 3.05) is 14.2 Å². The number of carbonyl (C=O) groups excluding carboxylic acids is 2. The fraction of sp³-hybridized carbons (Fsp3) is 0.300. The van der Waals surface area contributed by atoms with Gasteiger partial charge in [-0.25, -0.2) is 9.78 Å². The minimum atomic E-state index is -0.464. The number of hydrogen-bond donors (Lipinski definition) is 2. The van der Waals surface area contributed by atoms with Crippen molar-refractivity contribution in [2.45, 2.75) is 31.2 Å². The normalized spacial score (nSPS) is 11.9. The first kappa shape index (κ1) is 20.7. The Labute approximate surface area is 172 Å². The molecule has 0 unspecified atom stereocenters. The van der Waals surface area contributed by atoms with Crippen molar-refractivity contribution in [3.8, 4) is 17.1 Å². The first-order chi connectivity index (χ1) is 13.8. The first-order valence-electron chi connectivity index (χ1n) is 8.90. The van der Waals surface area contributed by atoms with Crippen LogP contribution in [0.2, 0.25) is 0 Å². The molecule has 0 spiro atoms. The van der Waals surface area contributed by atoms with Crippen molar-refractivity contribution in [1.29, 1.82) is 0 Å². The molecule has 0 aliphatic rings. The SMILES string of the molecule is COC(=O)c1c(C)[nH]c(C(=O)[C@H](C)Sc2n[nH]c(-c3ccc(OC)cc3)n2)c1C. The van der Waals surface area contributed by atoms with Crippen LogP contribution in [0.1, 0.15) is 39.0 Å². The molecule has 3 rings (SSSR count). The third-order valence-electron chi connectivity index (χ3n) is 4.55. The maximum absolute atomic E-state index is 12.9. The number of aryl methyl sites for hydroxylation is 1. The number of H-pyrrole nitrogens is 2. The van der Waals surface area contributed by atoms with E-state index in [0.717, 1.165) is 11.3 Å². The van der Waals surface area contributed by atoms with E-state index in [1.54, 1.807) is 27.9 Å². The Kier molecular flexibility index (Phi) is 6.07. The van der Waals surface area contributed by atoms with E-state index in [4.69, 9.17) is 9.47 Å². The Hall–Kier alpha value is -3.07. The molecule has 29 heavy (non-hydrogen) atoms. The molecule has 9 heteroatoms. The number of esters is 1. The Balaban J connectivity index is 1.75. The minimum Gasteiger partial charge on any atom is -0.497 e. The predicted octanol–water partition coefficient (Wildman–Crippen LogP) is 3.58. The molecule has 0 amide bonds. The average molecular weight is 414 g/mol. The maximum Gasteiger partial charge on any atom is 0.339 e. The maximum atomic E-state index is 12.9. The van der Waals surface area contributed by atoms with Crippen LogP contribution >= 0.6 is 11.8 Å². The number of ether oxygens (including phenoxy) is 2. The van der Waals surface area contributed by atoms with Gasteiger partial charge < -0.3 is 14.5 Å². The van der Waals surface area contributed by atoms with Gasteiger partial charge in [-0.05, 0) is 50.6 Å². The third-order valence-corrected chi connectivity index (χ3v) is 5.51. The number of benzene rings is 1. The van der Waals surface area contributed by atoms with Gasteiger partial charge in [-0.1, -0.05) is 11.8 Å². The summed E-state index contributed by atoms with van der Waals surface area (Å²) in [6.07, 6.45) is 0. The summed E-state index contributed by atoms with van der Waals surface area (Å²) in [6.45, 7) is 5.25. The van der Waals surface area contributed by atoms with Crippen LogP contribution in [0.5, 0.6) is 5.75 Å². The van der Waals surface area contributed by atoms with E-state index in [0.29, 0.717) is 33.5 Å². The van der Waals surface area contributed by atoms with E-state index in [1.165, 1.54) is 18.9 Å². The highest BCUT2D eigenvalue weighted by atomic mass is 32.2. The van der Waals surface area contributed by atoms with Crippen molar-refractivity contribution >= 4 is 23.5 Å². The van der Waals surface area contributed by atoms with Gasteiger partial charge in [0.2, 0.25) is 5.16 Å². The Morgan fingerprint density at radius 1 is 1.14 bits per heavy atom. The second-order valence-corrected chi connectivity index (χ2v) is 7.74. The fourth-order valence-corrected chi connectivity index (χ4v) is 3.78. The van der Waals surface area contributed by atoms with E-state index < -0.39 is 11.2 Å². The summed E-state index contributed by atoms with van der Waals surface area (Å²) in [4.78, 5) is 32.3. The topological polar surface area (TPSA) is 110 Å². The molecule has 0 saturated carbocycles. The molecule has 1 atom stereocenters. The van der Waals surface area contributed by atoms with E-state index >= 15 is 0 Å². The summed E-state index contributed by atoms with van der Waals surface area (Å²) in [7, 11) is 2.93. The van der Waals surface area contributed by atoms with Crippen molar-refractivity contribution < 1.29 is 19.1 Å². The number of nitrogens with one attached hydrogen (secondary N) is 2. The third kappa shape index (κ3) is 4.19. The zero-order valence-corrected chi connectivity index (χ0v) is 17.6. The molecular weight excluding hydrogens is 392 g/mol. The van der Waals surface area contributed by atoms with Crippen LogP contribution in [-0.4, -0.2) is 51.4 Å². The quantitative estimate of drug-likeness (QED) is 0.345. The highest BCUT2D eigenvalue weighted by molar-refractivity contribution is 8.00. The molecule has 2 aromatic heterocycles. The van der Waals surface area contributed by atoms with Crippen LogP contribution in [-0.2, 0) is 4.74 Å². The number of nitrogens with zero attached hydrogens (tertiary/aromatic N) is 2. The number of hydrogen-bond acceptors (Lipinski definition) is 7. The Morgan fingerprint density at radius 3 is 2.45 bits per heavy atom. The highest BCUT2D eigenvalue weighted by Crippen LogP contribution is 2.28. The van der Waals surface area contributed by atoms with Crippen molar-refractivity contribution in [3.05, 3.63) is 46.8 Å². The number of aromatic amines is 2. The summed E-state index contributed by atoms with van der Waals surface area (Å²) in [5, 5.41) is 7.10. The van der Waals surface area contributed by atoms with Gasteiger partial charge in [0, 0.05) is 11.3 Å². The molecule has 2 N–H and O–H groups in total. The average Bonchev–Trinajstić information content (AvgIpc) is 3.31. The molecule has 2 heterocycles. The summed E-state index contributed by atoms with van der Waals surface area (Å²) in [6, 6.07) is 7.43. The Morgan fingerprint density at radius 2 is 1.83 bits per heavy atom. The molecule has 8 nitrogen and oxygen atoms in total. The second kappa shape index (κ2) is 8.52. The van der Waals surface area contributed by atoms with Crippen molar-refractivity contribution in [1.82, 2.24) is 20.2 Å². The van der Waals surface area contributed by atoms with Gasteiger partial charge in [0.25, 0.3) is 0 Å². The van der Waals surface area contributed by atoms with E-state index in [1.807, 2.05) is 24.3 Å². The summed E-state index contributed by atoms with van der Waals surface area (Å²) >= 11 is 1.24. The van der Waals surface area contributed by atoms with E-state index in [2.05, 4.69) is 20.2 Å². The molecule has 0 radical (unpaired) electrons. The minimum absolute atomic E-state index is 0.137. The summed E-state index contributed by atoms with van der Waals surface area (Å²) in [5.74, 6) is 0.759. The smallest absolute Gasteiger partial charge is 0.339 e. The number of thioether (sulfide) groups is 1. The molecule has 0 aliphatic heterocycles. The molecule has 1 aromatic carbocycles. The lowest BCUT2D eigenvalue weighted by atomic mass is 10.1. The summed E-state index contributed by atoms with van der Waals surface area (Å²) in [5.41, 5.74) is 2.85.